The topological polar surface area (TPSA) is 43.9 Å². The van der Waals surface area contributed by atoms with Crippen molar-refractivity contribution in [1.29, 1.82) is 0 Å². The Morgan fingerprint density at radius 3 is 2.75 bits per heavy atom. The monoisotopic (exact) mass is 329 g/mol. The second kappa shape index (κ2) is 7.34. The summed E-state index contributed by atoms with van der Waals surface area (Å²) in [7, 11) is 2.09. The van der Waals surface area contributed by atoms with Gasteiger partial charge in [-0.15, -0.1) is 0 Å². The third-order valence-electron chi connectivity index (χ3n) is 5.17. The molecule has 0 bridgehead atoms. The maximum Gasteiger partial charge on any atom is 0.228 e. The van der Waals surface area contributed by atoms with Gasteiger partial charge in [0, 0.05) is 38.3 Å². The van der Waals surface area contributed by atoms with Gasteiger partial charge in [0.15, 0.2) is 0 Å². The average molecular weight is 329 g/mol. The van der Waals surface area contributed by atoms with Gasteiger partial charge in [-0.3, -0.25) is 9.59 Å². The molecule has 0 aliphatic carbocycles. The first kappa shape index (κ1) is 17.0. The van der Waals surface area contributed by atoms with E-state index in [1.165, 1.54) is 0 Å². The first-order valence-corrected chi connectivity index (χ1v) is 8.95. The van der Waals surface area contributed by atoms with Crippen LogP contribution in [0.25, 0.3) is 0 Å². The van der Waals surface area contributed by atoms with E-state index in [0.29, 0.717) is 13.0 Å². The Balaban J connectivity index is 1.71. The lowest BCUT2D eigenvalue weighted by atomic mass is 10.1. The third-order valence-corrected chi connectivity index (χ3v) is 5.17. The van der Waals surface area contributed by atoms with Crippen molar-refractivity contribution in [2.45, 2.75) is 26.2 Å². The van der Waals surface area contributed by atoms with Crippen LogP contribution < -0.4 is 4.90 Å². The molecule has 0 aromatic heterocycles. The summed E-state index contributed by atoms with van der Waals surface area (Å²) in [4.78, 5) is 31.4. The molecule has 1 aromatic rings. The van der Waals surface area contributed by atoms with Crippen molar-refractivity contribution < 1.29 is 9.59 Å². The summed E-state index contributed by atoms with van der Waals surface area (Å²) in [5, 5.41) is 0. The molecule has 0 spiro atoms. The van der Waals surface area contributed by atoms with Gasteiger partial charge in [0.1, 0.15) is 0 Å². The number of carbonyl (C=O) groups is 2. The smallest absolute Gasteiger partial charge is 0.228 e. The van der Waals surface area contributed by atoms with Crippen LogP contribution >= 0.6 is 0 Å². The highest BCUT2D eigenvalue weighted by Gasteiger charge is 2.37. The molecular formula is C19H27N3O2. The Hall–Kier alpha value is -1.88. The largest absolute Gasteiger partial charge is 0.341 e. The first-order valence-electron chi connectivity index (χ1n) is 8.95. The fourth-order valence-corrected chi connectivity index (χ4v) is 3.70. The molecule has 0 unspecified atom stereocenters. The van der Waals surface area contributed by atoms with Crippen molar-refractivity contribution in [2.75, 3.05) is 44.7 Å². The normalized spacial score (nSPS) is 22.8. The van der Waals surface area contributed by atoms with Gasteiger partial charge in [-0.1, -0.05) is 25.1 Å². The minimum absolute atomic E-state index is 0.0705. The molecule has 5 nitrogen and oxygen atoms in total. The van der Waals surface area contributed by atoms with Crippen LogP contribution in [0.5, 0.6) is 0 Å². The number of aryl methyl sites for hydroxylation is 1. The molecule has 2 heterocycles. The van der Waals surface area contributed by atoms with Crippen LogP contribution in [-0.4, -0.2) is 61.4 Å². The number of para-hydroxylation sites is 1. The molecular weight excluding hydrogens is 302 g/mol. The van der Waals surface area contributed by atoms with Gasteiger partial charge >= 0.3 is 0 Å². The summed E-state index contributed by atoms with van der Waals surface area (Å²) in [6.45, 7) is 6.12. The summed E-state index contributed by atoms with van der Waals surface area (Å²) in [5.41, 5.74) is 2.13. The highest BCUT2D eigenvalue weighted by molar-refractivity contribution is 6.00. The summed E-state index contributed by atoms with van der Waals surface area (Å²) in [6.07, 6.45) is 2.23. The average Bonchev–Trinajstić information content (AvgIpc) is 2.84. The lowest BCUT2D eigenvalue weighted by molar-refractivity contribution is -0.135. The van der Waals surface area contributed by atoms with E-state index in [9.17, 15) is 9.59 Å². The highest BCUT2D eigenvalue weighted by Crippen LogP contribution is 2.29. The van der Waals surface area contributed by atoms with E-state index in [-0.39, 0.29) is 17.7 Å². The Kier molecular flexibility index (Phi) is 5.19. The standard InChI is InChI=1S/C19H27N3O2/c1-3-15-7-4-5-8-17(15)22-14-16(13-18(22)23)19(24)21-10-6-9-20(2)11-12-21/h4-5,7-8,16H,3,6,9-14H2,1-2H3/t16-/m0/s1. The van der Waals surface area contributed by atoms with E-state index < -0.39 is 0 Å². The molecule has 0 radical (unpaired) electrons. The lowest BCUT2D eigenvalue weighted by Crippen LogP contribution is -2.39. The van der Waals surface area contributed by atoms with Crippen molar-refractivity contribution in [3.05, 3.63) is 29.8 Å². The Bertz CT molecular complexity index is 616. The van der Waals surface area contributed by atoms with Crippen LogP contribution in [0.15, 0.2) is 24.3 Å². The minimum Gasteiger partial charge on any atom is -0.341 e. The summed E-state index contributed by atoms with van der Waals surface area (Å²) in [6, 6.07) is 8.01. The molecule has 1 atom stereocenters. The second-order valence-electron chi connectivity index (χ2n) is 6.87. The summed E-state index contributed by atoms with van der Waals surface area (Å²) in [5.74, 6) is 0.0159. The molecule has 1 aromatic carbocycles. The lowest BCUT2D eigenvalue weighted by Gasteiger charge is -2.24. The van der Waals surface area contributed by atoms with Crippen molar-refractivity contribution in [3.8, 4) is 0 Å². The van der Waals surface area contributed by atoms with Crippen molar-refractivity contribution >= 4 is 17.5 Å². The van der Waals surface area contributed by atoms with E-state index >= 15 is 0 Å². The van der Waals surface area contributed by atoms with Gasteiger partial charge in [-0.25, -0.2) is 0 Å². The number of carbonyl (C=O) groups excluding carboxylic acids is 2. The van der Waals surface area contributed by atoms with Crippen LogP contribution in [0.4, 0.5) is 5.69 Å². The number of anilines is 1. The van der Waals surface area contributed by atoms with E-state index in [0.717, 1.165) is 50.3 Å². The van der Waals surface area contributed by atoms with Crippen LogP contribution in [0.3, 0.4) is 0 Å². The van der Waals surface area contributed by atoms with Crippen LogP contribution in [0.2, 0.25) is 0 Å². The van der Waals surface area contributed by atoms with Crippen LogP contribution in [-0.2, 0) is 16.0 Å². The van der Waals surface area contributed by atoms with E-state index in [4.69, 9.17) is 0 Å². The highest BCUT2D eigenvalue weighted by atomic mass is 16.2. The van der Waals surface area contributed by atoms with Crippen molar-refractivity contribution in [1.82, 2.24) is 9.80 Å². The molecule has 24 heavy (non-hydrogen) atoms. The van der Waals surface area contributed by atoms with Gasteiger partial charge in [0.25, 0.3) is 0 Å². The molecule has 2 saturated heterocycles. The molecule has 0 saturated carbocycles. The maximum absolute atomic E-state index is 12.9. The second-order valence-corrected chi connectivity index (χ2v) is 6.87. The zero-order valence-corrected chi connectivity index (χ0v) is 14.7. The fourth-order valence-electron chi connectivity index (χ4n) is 3.70. The summed E-state index contributed by atoms with van der Waals surface area (Å²) >= 11 is 0. The Labute approximate surface area is 144 Å². The van der Waals surface area contributed by atoms with Gasteiger partial charge in [0.2, 0.25) is 11.8 Å². The molecule has 2 amide bonds. The number of likely N-dealkylation sites (N-methyl/N-ethyl adjacent to an activating group) is 1. The van der Waals surface area contributed by atoms with E-state index in [2.05, 4.69) is 24.9 Å². The molecule has 0 N–H and O–H groups in total. The van der Waals surface area contributed by atoms with Gasteiger partial charge in [0.05, 0.1) is 5.92 Å². The van der Waals surface area contributed by atoms with E-state index in [1.54, 1.807) is 0 Å². The van der Waals surface area contributed by atoms with Gasteiger partial charge in [-0.2, -0.15) is 0 Å². The predicted octanol–water partition coefficient (Wildman–Crippen LogP) is 1.77. The quantitative estimate of drug-likeness (QED) is 0.849. The molecule has 2 fully saturated rings. The Morgan fingerprint density at radius 1 is 1.17 bits per heavy atom. The van der Waals surface area contributed by atoms with Crippen LogP contribution in [0, 0.1) is 5.92 Å². The van der Waals surface area contributed by atoms with E-state index in [1.807, 2.05) is 28.0 Å². The minimum atomic E-state index is -0.203. The number of nitrogens with zero attached hydrogens (tertiary/aromatic N) is 3. The zero-order chi connectivity index (χ0) is 17.1. The van der Waals surface area contributed by atoms with Gasteiger partial charge in [-0.05, 0) is 38.1 Å². The molecule has 3 rings (SSSR count). The molecule has 5 heteroatoms. The number of amides is 2. The number of hydrogen-bond acceptors (Lipinski definition) is 3. The SMILES string of the molecule is CCc1ccccc1N1C[C@@H](C(=O)N2CCCN(C)CC2)CC1=O. The van der Waals surface area contributed by atoms with Crippen LogP contribution in [0.1, 0.15) is 25.3 Å². The van der Waals surface area contributed by atoms with Gasteiger partial charge < -0.3 is 14.7 Å². The fraction of sp³-hybridized carbons (Fsp3) is 0.579. The molecule has 2 aliphatic rings. The zero-order valence-electron chi connectivity index (χ0n) is 14.7. The van der Waals surface area contributed by atoms with Crippen molar-refractivity contribution in [2.24, 2.45) is 5.92 Å². The predicted molar refractivity (Wildman–Crippen MR) is 95.0 cm³/mol. The number of benzene rings is 1. The third kappa shape index (κ3) is 3.46. The molecule has 130 valence electrons. The van der Waals surface area contributed by atoms with Crippen molar-refractivity contribution in [3.63, 3.8) is 0 Å². The Morgan fingerprint density at radius 2 is 1.96 bits per heavy atom. The number of rotatable bonds is 3. The molecule has 2 aliphatic heterocycles. The summed E-state index contributed by atoms with van der Waals surface area (Å²) < 4.78 is 0. The first-order chi connectivity index (χ1) is 11.6. The maximum atomic E-state index is 12.9. The number of hydrogen-bond donors (Lipinski definition) is 0.